The first-order chi connectivity index (χ1) is 23.7. The molecular weight excluding hydrogens is 583 g/mol. The van der Waals surface area contributed by atoms with Crippen LogP contribution >= 0.6 is 0 Å². The first-order valence-electron chi connectivity index (χ1n) is 17.0. The van der Waals surface area contributed by atoms with Crippen LogP contribution in [0.4, 0.5) is 0 Å². The molecule has 0 atom stereocenters. The summed E-state index contributed by atoms with van der Waals surface area (Å²) in [5, 5.41) is 12.4. The Labute approximate surface area is 279 Å². The van der Waals surface area contributed by atoms with Crippen molar-refractivity contribution in [3.63, 3.8) is 0 Å². The quantitative estimate of drug-likeness (QED) is 0.180. The minimum Gasteiger partial charge on any atom is -0.456 e. The van der Waals surface area contributed by atoms with E-state index in [1.807, 2.05) is 6.07 Å². The average Bonchev–Trinajstić information content (AvgIpc) is 3.68. The monoisotopic (exact) mass is 617 g/mol. The largest absolute Gasteiger partial charge is 0.456 e. The molecule has 0 aliphatic heterocycles. The van der Waals surface area contributed by atoms with Gasteiger partial charge in [-0.05, 0) is 79.8 Å². The SMILES string of the molecule is CCCC.c1ccc(-c2ccc3c(c2)c2cc4c(cc2n3-c2ccc3c5ccccc5c5ccccc5c3c2)oc2ccccc24)cc1. The third-order valence-electron chi connectivity index (χ3n) is 9.86. The molecule has 2 heterocycles. The number of aromatic nitrogens is 1. The molecule has 0 amide bonds. The summed E-state index contributed by atoms with van der Waals surface area (Å²) < 4.78 is 8.82. The van der Waals surface area contributed by atoms with E-state index in [1.54, 1.807) is 0 Å². The van der Waals surface area contributed by atoms with Crippen LogP contribution in [0.5, 0.6) is 0 Å². The smallest absolute Gasteiger partial charge is 0.137 e. The van der Waals surface area contributed by atoms with E-state index in [9.17, 15) is 0 Å². The van der Waals surface area contributed by atoms with Gasteiger partial charge in [0.15, 0.2) is 0 Å². The normalized spacial score (nSPS) is 11.7. The molecule has 10 aromatic rings. The summed E-state index contributed by atoms with van der Waals surface area (Å²) in [5.74, 6) is 0. The van der Waals surface area contributed by atoms with Crippen LogP contribution in [0, 0.1) is 0 Å². The molecule has 230 valence electrons. The van der Waals surface area contributed by atoms with Crippen molar-refractivity contribution in [2.24, 2.45) is 0 Å². The fourth-order valence-electron chi connectivity index (χ4n) is 7.36. The molecule has 0 aliphatic carbocycles. The van der Waals surface area contributed by atoms with Gasteiger partial charge in [0, 0.05) is 33.3 Å². The molecule has 2 aromatic heterocycles. The van der Waals surface area contributed by atoms with Crippen molar-refractivity contribution in [1.29, 1.82) is 0 Å². The molecular formula is C46H35NO. The highest BCUT2D eigenvalue weighted by molar-refractivity contribution is 6.26. The summed E-state index contributed by atoms with van der Waals surface area (Å²) in [6.45, 7) is 4.36. The van der Waals surface area contributed by atoms with Gasteiger partial charge in [-0.25, -0.2) is 0 Å². The number of para-hydroxylation sites is 1. The third-order valence-corrected chi connectivity index (χ3v) is 9.86. The molecule has 0 spiro atoms. The van der Waals surface area contributed by atoms with E-state index < -0.39 is 0 Å². The highest BCUT2D eigenvalue weighted by atomic mass is 16.3. The maximum Gasteiger partial charge on any atom is 0.137 e. The number of unbranched alkanes of at least 4 members (excludes halogenated alkanes) is 1. The van der Waals surface area contributed by atoms with Crippen molar-refractivity contribution in [2.45, 2.75) is 26.7 Å². The Hall–Kier alpha value is -5.86. The number of hydrogen-bond acceptors (Lipinski definition) is 1. The van der Waals surface area contributed by atoms with E-state index in [0.717, 1.165) is 33.1 Å². The summed E-state index contributed by atoms with van der Waals surface area (Å²) in [6, 6.07) is 54.9. The van der Waals surface area contributed by atoms with Gasteiger partial charge < -0.3 is 8.98 Å². The minimum absolute atomic E-state index is 0.906. The summed E-state index contributed by atoms with van der Waals surface area (Å²) in [4.78, 5) is 0. The van der Waals surface area contributed by atoms with Crippen molar-refractivity contribution in [1.82, 2.24) is 4.57 Å². The molecule has 2 heteroatoms. The second-order valence-electron chi connectivity index (χ2n) is 12.7. The number of rotatable bonds is 3. The molecule has 0 saturated carbocycles. The van der Waals surface area contributed by atoms with Crippen molar-refractivity contribution < 1.29 is 4.42 Å². The maximum absolute atomic E-state index is 6.40. The van der Waals surface area contributed by atoms with Gasteiger partial charge >= 0.3 is 0 Å². The van der Waals surface area contributed by atoms with E-state index in [2.05, 4.69) is 164 Å². The number of nitrogens with zero attached hydrogens (tertiary/aromatic N) is 1. The van der Waals surface area contributed by atoms with Crippen LogP contribution in [-0.4, -0.2) is 4.57 Å². The lowest BCUT2D eigenvalue weighted by molar-refractivity contribution is 0.669. The number of furan rings is 1. The van der Waals surface area contributed by atoms with Crippen LogP contribution in [0.25, 0.3) is 92.9 Å². The molecule has 0 fully saturated rings. The van der Waals surface area contributed by atoms with Crippen molar-refractivity contribution in [3.8, 4) is 16.8 Å². The van der Waals surface area contributed by atoms with Gasteiger partial charge in [-0.3, -0.25) is 0 Å². The van der Waals surface area contributed by atoms with Gasteiger partial charge in [0.1, 0.15) is 11.2 Å². The summed E-state index contributed by atoms with van der Waals surface area (Å²) in [7, 11) is 0. The lowest BCUT2D eigenvalue weighted by Gasteiger charge is -2.14. The fourth-order valence-corrected chi connectivity index (χ4v) is 7.36. The van der Waals surface area contributed by atoms with Gasteiger partial charge in [0.2, 0.25) is 0 Å². The number of benzene rings is 8. The first kappa shape index (κ1) is 28.4. The van der Waals surface area contributed by atoms with E-state index in [0.29, 0.717) is 0 Å². The van der Waals surface area contributed by atoms with Gasteiger partial charge in [-0.15, -0.1) is 0 Å². The molecule has 0 bridgehead atoms. The second-order valence-corrected chi connectivity index (χ2v) is 12.7. The average molecular weight is 618 g/mol. The summed E-state index contributed by atoms with van der Waals surface area (Å²) >= 11 is 0. The highest BCUT2D eigenvalue weighted by Crippen LogP contribution is 2.41. The van der Waals surface area contributed by atoms with Crippen molar-refractivity contribution >= 4 is 76.1 Å². The van der Waals surface area contributed by atoms with Crippen LogP contribution in [0.3, 0.4) is 0 Å². The topological polar surface area (TPSA) is 18.1 Å². The Morgan fingerprint density at radius 3 is 1.65 bits per heavy atom. The van der Waals surface area contributed by atoms with Gasteiger partial charge in [-0.1, -0.05) is 136 Å². The van der Waals surface area contributed by atoms with Crippen LogP contribution < -0.4 is 0 Å². The Morgan fingerprint density at radius 1 is 0.375 bits per heavy atom. The molecule has 2 nitrogen and oxygen atoms in total. The van der Waals surface area contributed by atoms with E-state index in [1.165, 1.54) is 72.6 Å². The van der Waals surface area contributed by atoms with Crippen LogP contribution in [0.15, 0.2) is 156 Å². The lowest BCUT2D eigenvalue weighted by Crippen LogP contribution is -1.94. The maximum atomic E-state index is 6.40. The van der Waals surface area contributed by atoms with Crippen LogP contribution in [-0.2, 0) is 0 Å². The predicted octanol–water partition coefficient (Wildman–Crippen LogP) is 13.6. The van der Waals surface area contributed by atoms with Crippen molar-refractivity contribution in [3.05, 3.63) is 152 Å². The zero-order chi connectivity index (χ0) is 32.2. The zero-order valence-electron chi connectivity index (χ0n) is 27.2. The molecule has 0 saturated heterocycles. The molecule has 0 unspecified atom stereocenters. The Balaban J connectivity index is 0.000000746. The first-order valence-corrected chi connectivity index (χ1v) is 17.0. The lowest BCUT2D eigenvalue weighted by atomic mass is 9.94. The van der Waals surface area contributed by atoms with Gasteiger partial charge in [-0.2, -0.15) is 0 Å². The van der Waals surface area contributed by atoms with E-state index >= 15 is 0 Å². The third kappa shape index (κ3) is 4.41. The standard InChI is InChI=1S/C42H25NO.C4H10/c1-2-10-26(11-3-1)27-18-21-39-36(22-27)37-24-38-34-16-8-9-17-41(34)44-42(38)25-40(37)43(39)28-19-20-33-31-14-5-4-12-29(31)30-13-6-7-15-32(30)35(33)23-28;1-3-4-2/h1-25H;3-4H2,1-2H3. The van der Waals surface area contributed by atoms with Crippen LogP contribution in [0.1, 0.15) is 26.7 Å². The number of fused-ring (bicyclic) bond motifs is 12. The van der Waals surface area contributed by atoms with Gasteiger partial charge in [0.05, 0.1) is 11.0 Å². The molecule has 0 aliphatic rings. The van der Waals surface area contributed by atoms with E-state index in [4.69, 9.17) is 4.42 Å². The number of hydrogen-bond donors (Lipinski definition) is 0. The summed E-state index contributed by atoms with van der Waals surface area (Å²) in [6.07, 6.45) is 2.64. The Bertz CT molecular complexity index is 2760. The minimum atomic E-state index is 0.906. The van der Waals surface area contributed by atoms with E-state index in [-0.39, 0.29) is 0 Å². The molecule has 8 aromatic carbocycles. The molecule has 0 radical (unpaired) electrons. The van der Waals surface area contributed by atoms with Crippen molar-refractivity contribution in [2.75, 3.05) is 0 Å². The molecule has 0 N–H and O–H groups in total. The Morgan fingerprint density at radius 2 is 0.958 bits per heavy atom. The predicted molar refractivity (Wildman–Crippen MR) is 207 cm³/mol. The fraction of sp³-hybridized carbons (Fsp3) is 0.0870. The molecule has 48 heavy (non-hydrogen) atoms. The highest BCUT2D eigenvalue weighted by Gasteiger charge is 2.18. The summed E-state index contributed by atoms with van der Waals surface area (Å²) in [5.41, 5.74) is 7.71. The second kappa shape index (κ2) is 11.4. The zero-order valence-corrected chi connectivity index (χ0v) is 27.2. The Kier molecular flexibility index (Phi) is 6.76. The van der Waals surface area contributed by atoms with Crippen LogP contribution in [0.2, 0.25) is 0 Å². The molecule has 10 rings (SSSR count). The van der Waals surface area contributed by atoms with Gasteiger partial charge in [0.25, 0.3) is 0 Å².